The van der Waals surface area contributed by atoms with Gasteiger partial charge < -0.3 is 15.0 Å². The Morgan fingerprint density at radius 2 is 1.85 bits per heavy atom. The lowest BCUT2D eigenvalue weighted by atomic mass is 10.1. The Labute approximate surface area is 158 Å². The summed E-state index contributed by atoms with van der Waals surface area (Å²) in [5.41, 5.74) is 2.71. The Kier molecular flexibility index (Phi) is 7.04. The molecule has 5 nitrogen and oxygen atoms in total. The van der Waals surface area contributed by atoms with Crippen molar-refractivity contribution in [3.05, 3.63) is 58.6 Å². The molecule has 2 aromatic carbocycles. The van der Waals surface area contributed by atoms with Crippen molar-refractivity contribution in [3.8, 4) is 5.75 Å². The highest BCUT2D eigenvalue weighted by Crippen LogP contribution is 2.27. The smallest absolute Gasteiger partial charge is 0.226 e. The molecule has 0 saturated heterocycles. The lowest BCUT2D eigenvalue weighted by Crippen LogP contribution is -2.31. The van der Waals surface area contributed by atoms with E-state index in [2.05, 4.69) is 5.32 Å². The van der Waals surface area contributed by atoms with Gasteiger partial charge in [0.1, 0.15) is 5.75 Å². The fourth-order valence-electron chi connectivity index (χ4n) is 2.49. The van der Waals surface area contributed by atoms with E-state index in [4.69, 9.17) is 16.3 Å². The molecule has 0 saturated carbocycles. The monoisotopic (exact) mass is 374 g/mol. The number of rotatable bonds is 7. The van der Waals surface area contributed by atoms with Gasteiger partial charge in [0.05, 0.1) is 12.8 Å². The number of hydrogen-bond acceptors (Lipinski definition) is 3. The molecule has 138 valence electrons. The highest BCUT2D eigenvalue weighted by molar-refractivity contribution is 6.31. The van der Waals surface area contributed by atoms with Crippen LogP contribution >= 0.6 is 11.6 Å². The molecule has 26 heavy (non-hydrogen) atoms. The molecule has 0 aliphatic rings. The summed E-state index contributed by atoms with van der Waals surface area (Å²) in [6.07, 6.45) is 0.182. The van der Waals surface area contributed by atoms with E-state index in [0.717, 1.165) is 11.1 Å². The largest absolute Gasteiger partial charge is 0.495 e. The van der Waals surface area contributed by atoms with Crippen LogP contribution in [0.1, 0.15) is 24.5 Å². The van der Waals surface area contributed by atoms with Crippen LogP contribution in [0.3, 0.4) is 0 Å². The fraction of sp³-hybridized carbons (Fsp3) is 0.300. The van der Waals surface area contributed by atoms with E-state index in [9.17, 15) is 9.59 Å². The Morgan fingerprint density at radius 1 is 1.15 bits per heavy atom. The van der Waals surface area contributed by atoms with Gasteiger partial charge in [0.15, 0.2) is 0 Å². The van der Waals surface area contributed by atoms with Gasteiger partial charge in [-0.3, -0.25) is 9.59 Å². The van der Waals surface area contributed by atoms with Gasteiger partial charge in [-0.1, -0.05) is 41.4 Å². The Bertz CT molecular complexity index is 775. The highest BCUT2D eigenvalue weighted by Gasteiger charge is 2.13. The fourth-order valence-corrected chi connectivity index (χ4v) is 2.66. The lowest BCUT2D eigenvalue weighted by Gasteiger charge is -2.21. The third kappa shape index (κ3) is 5.77. The first-order valence-corrected chi connectivity index (χ1v) is 8.71. The minimum atomic E-state index is -0.208. The molecule has 1 N–H and O–H groups in total. The van der Waals surface area contributed by atoms with Crippen LogP contribution in [0, 0.1) is 6.92 Å². The van der Waals surface area contributed by atoms with Gasteiger partial charge >= 0.3 is 0 Å². The first kappa shape index (κ1) is 19.8. The number of anilines is 1. The molecule has 0 fully saturated rings. The van der Waals surface area contributed by atoms with Gasteiger partial charge in [0.25, 0.3) is 0 Å². The second kappa shape index (κ2) is 9.25. The van der Waals surface area contributed by atoms with E-state index >= 15 is 0 Å². The maximum Gasteiger partial charge on any atom is 0.226 e. The van der Waals surface area contributed by atoms with Crippen LogP contribution in [0.25, 0.3) is 0 Å². The molecule has 2 rings (SSSR count). The number of aryl methyl sites for hydroxylation is 1. The number of carbonyl (C=O) groups is 2. The third-order valence-electron chi connectivity index (χ3n) is 3.98. The van der Waals surface area contributed by atoms with Gasteiger partial charge in [0, 0.05) is 31.5 Å². The molecule has 2 amide bonds. The first-order valence-electron chi connectivity index (χ1n) is 8.33. The number of nitrogens with zero attached hydrogens (tertiary/aromatic N) is 1. The zero-order chi connectivity index (χ0) is 19.1. The Balaban J connectivity index is 1.96. The van der Waals surface area contributed by atoms with Crippen molar-refractivity contribution in [3.63, 3.8) is 0 Å². The highest BCUT2D eigenvalue weighted by atomic mass is 35.5. The van der Waals surface area contributed by atoms with Crippen LogP contribution < -0.4 is 10.1 Å². The van der Waals surface area contributed by atoms with Gasteiger partial charge in [-0.05, 0) is 30.7 Å². The first-order chi connectivity index (χ1) is 12.4. The van der Waals surface area contributed by atoms with Gasteiger partial charge in [-0.15, -0.1) is 0 Å². The van der Waals surface area contributed by atoms with Gasteiger partial charge in [-0.25, -0.2) is 0 Å². The van der Waals surface area contributed by atoms with Crippen LogP contribution in [-0.4, -0.2) is 30.4 Å². The Hall–Kier alpha value is -2.53. The maximum absolute atomic E-state index is 12.3. The quantitative estimate of drug-likeness (QED) is 0.795. The SMILES string of the molecule is COc1ccc(Cl)cc1NC(=O)CCN(Cc1ccc(C)cc1)C(C)=O. The number of halogens is 1. The van der Waals surface area contributed by atoms with Crippen molar-refractivity contribution in [2.75, 3.05) is 19.0 Å². The summed E-state index contributed by atoms with van der Waals surface area (Å²) in [6, 6.07) is 13.0. The molecule has 6 heteroatoms. The summed E-state index contributed by atoms with van der Waals surface area (Å²) < 4.78 is 5.22. The van der Waals surface area contributed by atoms with Crippen LogP contribution in [0.4, 0.5) is 5.69 Å². The molecule has 0 spiro atoms. The zero-order valence-electron chi connectivity index (χ0n) is 15.2. The van der Waals surface area contributed by atoms with Crippen molar-refractivity contribution < 1.29 is 14.3 Å². The number of carbonyl (C=O) groups excluding carboxylic acids is 2. The molecule has 0 heterocycles. The van der Waals surface area contributed by atoms with Crippen molar-refractivity contribution >= 4 is 29.1 Å². The second-order valence-electron chi connectivity index (χ2n) is 6.07. The van der Waals surface area contributed by atoms with Crippen LogP contribution in [0.2, 0.25) is 5.02 Å². The minimum Gasteiger partial charge on any atom is -0.495 e. The average molecular weight is 375 g/mol. The molecule has 0 aromatic heterocycles. The van der Waals surface area contributed by atoms with E-state index in [1.54, 1.807) is 23.1 Å². The molecule has 0 atom stereocenters. The van der Waals surface area contributed by atoms with E-state index < -0.39 is 0 Å². The summed E-state index contributed by atoms with van der Waals surface area (Å²) >= 11 is 5.97. The zero-order valence-corrected chi connectivity index (χ0v) is 16.0. The average Bonchev–Trinajstić information content (AvgIpc) is 2.60. The van der Waals surface area contributed by atoms with Crippen LogP contribution in [0.5, 0.6) is 5.75 Å². The van der Waals surface area contributed by atoms with Crippen LogP contribution in [0.15, 0.2) is 42.5 Å². The number of hydrogen-bond donors (Lipinski definition) is 1. The summed E-state index contributed by atoms with van der Waals surface area (Å²) in [6.45, 7) is 4.33. The van der Waals surface area contributed by atoms with Crippen LogP contribution in [-0.2, 0) is 16.1 Å². The van der Waals surface area contributed by atoms with E-state index in [0.29, 0.717) is 29.5 Å². The molecule has 0 aliphatic carbocycles. The number of amides is 2. The Morgan fingerprint density at radius 3 is 2.46 bits per heavy atom. The van der Waals surface area contributed by atoms with Gasteiger partial charge in [-0.2, -0.15) is 0 Å². The maximum atomic E-state index is 12.3. The number of nitrogens with one attached hydrogen (secondary N) is 1. The number of benzene rings is 2. The van der Waals surface area contributed by atoms with Gasteiger partial charge in [0.2, 0.25) is 11.8 Å². The molecule has 0 unspecified atom stereocenters. The molecule has 2 aromatic rings. The molecule has 0 radical (unpaired) electrons. The molecular formula is C20H23ClN2O3. The summed E-state index contributed by atoms with van der Waals surface area (Å²) in [4.78, 5) is 25.8. The van der Waals surface area contributed by atoms with E-state index in [-0.39, 0.29) is 18.2 Å². The topological polar surface area (TPSA) is 58.6 Å². The summed E-state index contributed by atoms with van der Waals surface area (Å²) in [5, 5.41) is 3.29. The lowest BCUT2D eigenvalue weighted by molar-refractivity contribution is -0.129. The van der Waals surface area contributed by atoms with Crippen molar-refractivity contribution in [1.29, 1.82) is 0 Å². The third-order valence-corrected chi connectivity index (χ3v) is 4.22. The summed E-state index contributed by atoms with van der Waals surface area (Å²) in [5.74, 6) is 0.255. The van der Waals surface area contributed by atoms with Crippen molar-refractivity contribution in [2.45, 2.75) is 26.8 Å². The second-order valence-corrected chi connectivity index (χ2v) is 6.51. The van der Waals surface area contributed by atoms with Crippen molar-refractivity contribution in [1.82, 2.24) is 4.90 Å². The molecule has 0 aliphatic heterocycles. The number of methoxy groups -OCH3 is 1. The molecule has 0 bridgehead atoms. The van der Waals surface area contributed by atoms with E-state index in [1.165, 1.54) is 14.0 Å². The number of ether oxygens (including phenoxy) is 1. The van der Waals surface area contributed by atoms with Crippen molar-refractivity contribution in [2.24, 2.45) is 0 Å². The normalized spacial score (nSPS) is 10.3. The summed E-state index contributed by atoms with van der Waals surface area (Å²) in [7, 11) is 1.53. The minimum absolute atomic E-state index is 0.0706. The predicted molar refractivity (Wildman–Crippen MR) is 104 cm³/mol. The van der Waals surface area contributed by atoms with E-state index in [1.807, 2.05) is 31.2 Å². The predicted octanol–water partition coefficient (Wildman–Crippen LogP) is 4.03. The molecular weight excluding hydrogens is 352 g/mol. The standard InChI is InChI=1S/C20H23ClN2O3/c1-14-4-6-16(7-5-14)13-23(15(2)24)11-10-20(25)22-18-12-17(21)8-9-19(18)26-3/h4-9,12H,10-11,13H2,1-3H3,(H,22,25).